The predicted octanol–water partition coefficient (Wildman–Crippen LogP) is 3.79. The highest BCUT2D eigenvalue weighted by Crippen LogP contribution is 2.33. The minimum atomic E-state index is -3.66. The maximum Gasteiger partial charge on any atom is 0.264 e. The lowest BCUT2D eigenvalue weighted by Gasteiger charge is -2.34. The van der Waals surface area contributed by atoms with Crippen LogP contribution in [0.5, 0.6) is 0 Å². The number of carbonyl (C=O) groups is 2. The summed E-state index contributed by atoms with van der Waals surface area (Å²) in [6.07, 6.45) is 1.86. The second-order valence-corrected chi connectivity index (χ2v) is 12.0. The first-order valence-corrected chi connectivity index (χ1v) is 13.5. The number of hydrogen-bond donors (Lipinski definition) is 1. The Morgan fingerprint density at radius 2 is 1.42 bits per heavy atom. The first kappa shape index (κ1) is 23.9. The van der Waals surface area contributed by atoms with Crippen molar-refractivity contribution in [2.75, 3.05) is 31.5 Å². The Bertz CT molecular complexity index is 1190. The van der Waals surface area contributed by atoms with Gasteiger partial charge in [-0.1, -0.05) is 0 Å². The molecule has 9 heteroatoms. The minimum absolute atomic E-state index is 0.0156. The van der Waals surface area contributed by atoms with E-state index in [9.17, 15) is 18.0 Å². The molecule has 1 aliphatic carbocycles. The molecule has 0 atom stereocenters. The fourth-order valence-electron chi connectivity index (χ4n) is 4.36. The second-order valence-electron chi connectivity index (χ2n) is 9.08. The molecule has 2 aliphatic rings. The fraction of sp³-hybridized carbons (Fsp3) is 0.500. The van der Waals surface area contributed by atoms with Crippen molar-refractivity contribution < 1.29 is 18.0 Å². The summed E-state index contributed by atoms with van der Waals surface area (Å²) < 4.78 is 28.6. The molecular weight excluding hydrogens is 458 g/mol. The molecule has 1 saturated heterocycles. The molecule has 0 unspecified atom stereocenters. The minimum Gasteiger partial charge on any atom is -0.335 e. The van der Waals surface area contributed by atoms with E-state index in [0.717, 1.165) is 40.7 Å². The van der Waals surface area contributed by atoms with Crippen molar-refractivity contribution >= 4 is 38.2 Å². The number of carbonyl (C=O) groups excluding carboxylic acids is 2. The van der Waals surface area contributed by atoms with E-state index in [0.29, 0.717) is 27.9 Å². The summed E-state index contributed by atoms with van der Waals surface area (Å²) in [4.78, 5) is 27.6. The van der Waals surface area contributed by atoms with E-state index in [2.05, 4.69) is 5.32 Å². The van der Waals surface area contributed by atoms with Crippen LogP contribution in [-0.4, -0.2) is 55.6 Å². The zero-order chi connectivity index (χ0) is 24.1. The number of rotatable bonds is 5. The number of hydrogen-bond acceptors (Lipinski definition) is 5. The summed E-state index contributed by atoms with van der Waals surface area (Å²) in [6, 6.07) is 3.48. The Hall–Kier alpha value is -2.23. The molecule has 2 aromatic rings. The molecule has 4 rings (SSSR count). The number of anilines is 1. The van der Waals surface area contributed by atoms with Gasteiger partial charge in [-0.25, -0.2) is 8.42 Å². The van der Waals surface area contributed by atoms with Gasteiger partial charge in [-0.2, -0.15) is 4.31 Å². The Morgan fingerprint density at radius 1 is 0.879 bits per heavy atom. The van der Waals surface area contributed by atoms with E-state index in [4.69, 9.17) is 0 Å². The van der Waals surface area contributed by atoms with Crippen LogP contribution in [0.15, 0.2) is 17.0 Å². The highest BCUT2D eigenvalue weighted by atomic mass is 32.2. The van der Waals surface area contributed by atoms with Gasteiger partial charge in [0.25, 0.3) is 5.91 Å². The molecule has 2 fully saturated rings. The van der Waals surface area contributed by atoms with Crippen molar-refractivity contribution in [2.24, 2.45) is 5.92 Å². The largest absolute Gasteiger partial charge is 0.335 e. The predicted molar refractivity (Wildman–Crippen MR) is 130 cm³/mol. The van der Waals surface area contributed by atoms with E-state index in [-0.39, 0.29) is 30.8 Å². The van der Waals surface area contributed by atoms with Gasteiger partial charge < -0.3 is 10.2 Å². The van der Waals surface area contributed by atoms with E-state index >= 15 is 0 Å². The molecule has 1 aliphatic heterocycles. The van der Waals surface area contributed by atoms with Crippen LogP contribution in [0, 0.1) is 40.5 Å². The lowest BCUT2D eigenvalue weighted by Crippen LogP contribution is -2.50. The third-order valence-corrected chi connectivity index (χ3v) is 10.2. The highest BCUT2D eigenvalue weighted by Gasteiger charge is 2.34. The zero-order valence-corrected chi connectivity index (χ0v) is 21.5. The van der Waals surface area contributed by atoms with Crippen molar-refractivity contribution in [2.45, 2.75) is 52.4 Å². The number of amides is 2. The molecule has 178 valence electrons. The first-order valence-electron chi connectivity index (χ1n) is 11.3. The van der Waals surface area contributed by atoms with Gasteiger partial charge in [-0.15, -0.1) is 11.3 Å². The highest BCUT2D eigenvalue weighted by molar-refractivity contribution is 7.89. The van der Waals surface area contributed by atoms with Gasteiger partial charge in [0, 0.05) is 32.1 Å². The van der Waals surface area contributed by atoms with Crippen molar-refractivity contribution in [3.05, 3.63) is 44.8 Å². The SMILES string of the molecule is Cc1c(C)c(C)c(S(=O)(=O)N2CCN(C(=O)c3ccc(NC(=O)C4CC4)s3)CC2)c(C)c1C. The van der Waals surface area contributed by atoms with Gasteiger partial charge in [0.05, 0.1) is 14.8 Å². The van der Waals surface area contributed by atoms with Crippen molar-refractivity contribution in [3.63, 3.8) is 0 Å². The standard InChI is InChI=1S/C24H31N3O4S2/c1-14-15(2)17(4)22(18(5)16(14)3)33(30,31)27-12-10-26(11-13-27)24(29)20-8-9-21(32-20)25-23(28)19-6-7-19/h8-9,19H,6-7,10-13H2,1-5H3,(H,25,28). The number of nitrogens with one attached hydrogen (secondary N) is 1. The molecule has 1 aromatic carbocycles. The van der Waals surface area contributed by atoms with Crippen molar-refractivity contribution in [1.82, 2.24) is 9.21 Å². The van der Waals surface area contributed by atoms with Crippen LogP contribution in [0.2, 0.25) is 0 Å². The van der Waals surface area contributed by atoms with Crippen molar-refractivity contribution in [1.29, 1.82) is 0 Å². The van der Waals surface area contributed by atoms with Gasteiger partial charge in [0.2, 0.25) is 15.9 Å². The quantitative estimate of drug-likeness (QED) is 0.692. The van der Waals surface area contributed by atoms with E-state index in [1.165, 1.54) is 15.6 Å². The summed E-state index contributed by atoms with van der Waals surface area (Å²) in [5.41, 5.74) is 4.74. The molecule has 0 spiro atoms. The maximum atomic E-state index is 13.5. The Labute approximate surface area is 199 Å². The number of thiophene rings is 1. The topological polar surface area (TPSA) is 86.8 Å². The van der Waals surface area contributed by atoms with Crippen molar-refractivity contribution in [3.8, 4) is 0 Å². The number of piperazine rings is 1. The molecule has 1 aromatic heterocycles. The number of sulfonamides is 1. The number of nitrogens with zero attached hydrogens (tertiary/aromatic N) is 2. The molecule has 0 radical (unpaired) electrons. The lowest BCUT2D eigenvalue weighted by molar-refractivity contribution is -0.117. The van der Waals surface area contributed by atoms with Crippen LogP contribution in [0.1, 0.15) is 50.3 Å². The van der Waals surface area contributed by atoms with Crippen LogP contribution < -0.4 is 5.32 Å². The average molecular weight is 490 g/mol. The molecule has 1 saturated carbocycles. The summed E-state index contributed by atoms with van der Waals surface area (Å²) in [5.74, 6) is -0.00477. The monoisotopic (exact) mass is 489 g/mol. The third-order valence-electron chi connectivity index (χ3n) is 7.07. The third kappa shape index (κ3) is 4.46. The Morgan fingerprint density at radius 3 is 1.97 bits per heavy atom. The van der Waals surface area contributed by atoms with Gasteiger partial charge in [0.15, 0.2) is 0 Å². The summed E-state index contributed by atoms with van der Waals surface area (Å²) in [5, 5.41) is 3.55. The zero-order valence-electron chi connectivity index (χ0n) is 19.8. The van der Waals surface area contributed by atoms with Crippen LogP contribution >= 0.6 is 11.3 Å². The number of benzene rings is 1. The average Bonchev–Trinajstić information content (AvgIpc) is 3.55. The molecular formula is C24H31N3O4S2. The lowest BCUT2D eigenvalue weighted by atomic mass is 9.95. The van der Waals surface area contributed by atoms with Gasteiger partial charge in [-0.3, -0.25) is 9.59 Å². The molecule has 2 amide bonds. The Balaban J connectivity index is 1.45. The van der Waals surface area contributed by atoms with Crippen LogP contribution in [0.4, 0.5) is 5.00 Å². The Kier molecular flexibility index (Phi) is 6.41. The first-order chi connectivity index (χ1) is 15.5. The smallest absolute Gasteiger partial charge is 0.264 e. The fourth-order valence-corrected chi connectivity index (χ4v) is 7.22. The summed E-state index contributed by atoms with van der Waals surface area (Å²) in [7, 11) is -3.66. The molecule has 1 N–H and O–H groups in total. The molecule has 2 heterocycles. The van der Waals surface area contributed by atoms with Crippen LogP contribution in [-0.2, 0) is 14.8 Å². The second kappa shape index (κ2) is 8.85. The van der Waals surface area contributed by atoms with Gasteiger partial charge >= 0.3 is 0 Å². The van der Waals surface area contributed by atoms with E-state index < -0.39 is 10.0 Å². The van der Waals surface area contributed by atoms with Crippen LogP contribution in [0.25, 0.3) is 0 Å². The van der Waals surface area contributed by atoms with Crippen LogP contribution in [0.3, 0.4) is 0 Å². The molecule has 0 bridgehead atoms. The maximum absolute atomic E-state index is 13.5. The summed E-state index contributed by atoms with van der Waals surface area (Å²) >= 11 is 1.26. The summed E-state index contributed by atoms with van der Waals surface area (Å²) in [6.45, 7) is 10.9. The van der Waals surface area contributed by atoms with Gasteiger partial charge in [0.1, 0.15) is 0 Å². The van der Waals surface area contributed by atoms with E-state index in [1.807, 2.05) is 34.6 Å². The normalized spacial score (nSPS) is 17.3. The van der Waals surface area contributed by atoms with E-state index in [1.54, 1.807) is 17.0 Å². The van der Waals surface area contributed by atoms with Gasteiger partial charge in [-0.05, 0) is 87.4 Å². The molecule has 7 nitrogen and oxygen atoms in total. The molecule has 33 heavy (non-hydrogen) atoms.